The van der Waals surface area contributed by atoms with Crippen LogP contribution in [-0.4, -0.2) is 33.6 Å². The largest absolute Gasteiger partial charge is 0.488 e. The Morgan fingerprint density at radius 1 is 1.14 bits per heavy atom. The number of aromatic nitrogens is 1. The second-order valence-corrected chi connectivity index (χ2v) is 8.67. The second-order valence-electron chi connectivity index (χ2n) is 6.77. The molecule has 7 nitrogen and oxygen atoms in total. The number of hydrogen-bond acceptors (Lipinski definition) is 5. The zero-order valence-corrected chi connectivity index (χ0v) is 16.7. The minimum atomic E-state index is -3.59. The zero-order chi connectivity index (χ0) is 19.9. The van der Waals surface area contributed by atoms with Crippen LogP contribution in [-0.2, 0) is 16.6 Å². The van der Waals surface area contributed by atoms with Crippen LogP contribution in [0.2, 0.25) is 0 Å². The molecule has 1 aliphatic rings. The lowest BCUT2D eigenvalue weighted by molar-refractivity contribution is 0.256. The molecular formula is C20H22N4O3S. The second kappa shape index (κ2) is 6.96. The van der Waals surface area contributed by atoms with Gasteiger partial charge in [0.2, 0.25) is 0 Å². The normalized spacial score (nSPS) is 15.9. The van der Waals surface area contributed by atoms with Gasteiger partial charge in [0.25, 0.3) is 0 Å². The fraction of sp³-hybridized carbons (Fsp3) is 0.250. The van der Waals surface area contributed by atoms with Crippen LogP contribution in [0.15, 0.2) is 48.5 Å². The van der Waals surface area contributed by atoms with E-state index in [4.69, 9.17) is 4.74 Å². The lowest BCUT2D eigenvalue weighted by Crippen LogP contribution is -2.36. The SMILES string of the molecule is CNS(=O)(=O)N(C)c1cccc2nc(Nc3cccc4c3OC(C)C4)ccc12. The van der Waals surface area contributed by atoms with Crippen molar-refractivity contribution in [2.75, 3.05) is 23.7 Å². The van der Waals surface area contributed by atoms with Gasteiger partial charge in [-0.1, -0.05) is 18.2 Å². The molecule has 146 valence electrons. The summed E-state index contributed by atoms with van der Waals surface area (Å²) < 4.78 is 33.8. The number of rotatable bonds is 5. The third-order valence-corrected chi connectivity index (χ3v) is 6.29. The van der Waals surface area contributed by atoms with E-state index < -0.39 is 10.2 Å². The molecule has 3 aromatic rings. The quantitative estimate of drug-likeness (QED) is 0.690. The van der Waals surface area contributed by atoms with Gasteiger partial charge < -0.3 is 10.1 Å². The molecule has 1 aromatic heterocycles. The van der Waals surface area contributed by atoms with Crippen molar-refractivity contribution in [3.8, 4) is 5.75 Å². The Morgan fingerprint density at radius 2 is 1.93 bits per heavy atom. The van der Waals surface area contributed by atoms with E-state index in [1.807, 2.05) is 30.3 Å². The molecule has 0 fully saturated rings. The van der Waals surface area contributed by atoms with E-state index in [2.05, 4.69) is 28.0 Å². The van der Waals surface area contributed by atoms with E-state index in [-0.39, 0.29) is 6.10 Å². The highest BCUT2D eigenvalue weighted by Gasteiger charge is 2.22. The van der Waals surface area contributed by atoms with Gasteiger partial charge in [-0.15, -0.1) is 0 Å². The third-order valence-electron chi connectivity index (χ3n) is 4.85. The van der Waals surface area contributed by atoms with Crippen LogP contribution in [0.3, 0.4) is 0 Å². The first-order valence-electron chi connectivity index (χ1n) is 9.02. The summed E-state index contributed by atoms with van der Waals surface area (Å²) in [5, 5.41) is 4.07. The van der Waals surface area contributed by atoms with E-state index >= 15 is 0 Å². The third kappa shape index (κ3) is 3.25. The molecule has 0 radical (unpaired) electrons. The van der Waals surface area contributed by atoms with Gasteiger partial charge in [-0.2, -0.15) is 8.42 Å². The Hall–Kier alpha value is -2.84. The predicted octanol–water partition coefficient (Wildman–Crippen LogP) is 3.20. The molecule has 0 bridgehead atoms. The number of nitrogens with one attached hydrogen (secondary N) is 2. The smallest absolute Gasteiger partial charge is 0.301 e. The van der Waals surface area contributed by atoms with Crippen LogP contribution >= 0.6 is 0 Å². The van der Waals surface area contributed by atoms with Crippen LogP contribution in [0.25, 0.3) is 10.9 Å². The Balaban J connectivity index is 1.70. The molecule has 0 saturated carbocycles. The van der Waals surface area contributed by atoms with Crippen molar-refractivity contribution in [2.45, 2.75) is 19.4 Å². The monoisotopic (exact) mass is 398 g/mol. The maximum atomic E-state index is 12.2. The van der Waals surface area contributed by atoms with Crippen LogP contribution < -0.4 is 19.1 Å². The minimum Gasteiger partial charge on any atom is -0.488 e. The summed E-state index contributed by atoms with van der Waals surface area (Å²) in [7, 11) is -0.690. The van der Waals surface area contributed by atoms with E-state index in [1.54, 1.807) is 12.1 Å². The van der Waals surface area contributed by atoms with Gasteiger partial charge in [0.05, 0.1) is 16.9 Å². The summed E-state index contributed by atoms with van der Waals surface area (Å²) in [6, 6.07) is 15.1. The molecule has 0 spiro atoms. The first kappa shape index (κ1) is 18.5. The van der Waals surface area contributed by atoms with E-state index in [1.165, 1.54) is 24.0 Å². The summed E-state index contributed by atoms with van der Waals surface area (Å²) in [6.07, 6.45) is 1.06. The van der Waals surface area contributed by atoms with Crippen molar-refractivity contribution >= 4 is 38.3 Å². The van der Waals surface area contributed by atoms with Crippen LogP contribution in [0, 0.1) is 0 Å². The van der Waals surface area contributed by atoms with E-state index in [9.17, 15) is 8.42 Å². The van der Waals surface area contributed by atoms with Gasteiger partial charge in [-0.25, -0.2) is 9.71 Å². The molecule has 2 heterocycles. The van der Waals surface area contributed by atoms with Gasteiger partial charge >= 0.3 is 10.2 Å². The Morgan fingerprint density at radius 3 is 2.71 bits per heavy atom. The molecular weight excluding hydrogens is 376 g/mol. The molecule has 8 heteroatoms. The van der Waals surface area contributed by atoms with Gasteiger partial charge in [0.15, 0.2) is 0 Å². The average molecular weight is 398 g/mol. The van der Waals surface area contributed by atoms with Crippen molar-refractivity contribution in [2.24, 2.45) is 0 Å². The van der Waals surface area contributed by atoms with Gasteiger partial charge in [0, 0.05) is 25.9 Å². The van der Waals surface area contributed by atoms with Crippen molar-refractivity contribution < 1.29 is 13.2 Å². The molecule has 0 saturated heterocycles. The van der Waals surface area contributed by atoms with Crippen molar-refractivity contribution in [3.05, 3.63) is 54.1 Å². The summed E-state index contributed by atoms with van der Waals surface area (Å²) >= 11 is 0. The molecule has 0 aliphatic carbocycles. The highest BCUT2D eigenvalue weighted by atomic mass is 32.2. The van der Waals surface area contributed by atoms with Crippen LogP contribution in [0.5, 0.6) is 5.75 Å². The standard InChI is InChI=1S/C20H22N4O3S/c1-13-12-14-6-4-8-17(20(14)27-13)23-19-11-10-15-16(22-19)7-5-9-18(15)24(3)28(25,26)21-2/h4-11,13,21H,12H2,1-3H3,(H,22,23). The molecule has 0 amide bonds. The average Bonchev–Trinajstić information content (AvgIpc) is 3.08. The fourth-order valence-corrected chi connectivity index (χ4v) is 4.12. The molecule has 1 unspecified atom stereocenters. The Kier molecular flexibility index (Phi) is 4.60. The van der Waals surface area contributed by atoms with E-state index in [0.717, 1.165) is 23.2 Å². The van der Waals surface area contributed by atoms with Crippen molar-refractivity contribution in [1.29, 1.82) is 0 Å². The topological polar surface area (TPSA) is 83.6 Å². The zero-order valence-electron chi connectivity index (χ0n) is 15.9. The molecule has 28 heavy (non-hydrogen) atoms. The Bertz CT molecular complexity index is 1150. The number of hydrogen-bond donors (Lipinski definition) is 2. The maximum Gasteiger partial charge on any atom is 0.301 e. The fourth-order valence-electron chi connectivity index (χ4n) is 3.42. The Labute approximate surface area is 164 Å². The molecule has 4 rings (SSSR count). The first-order valence-corrected chi connectivity index (χ1v) is 10.5. The highest BCUT2D eigenvalue weighted by molar-refractivity contribution is 7.90. The highest BCUT2D eigenvalue weighted by Crippen LogP contribution is 2.37. The number of ether oxygens (including phenoxy) is 1. The number of nitrogens with zero attached hydrogens (tertiary/aromatic N) is 2. The number of para-hydroxylation sites is 1. The summed E-state index contributed by atoms with van der Waals surface area (Å²) in [5.74, 6) is 1.53. The molecule has 2 N–H and O–H groups in total. The molecule has 1 atom stereocenters. The summed E-state index contributed by atoms with van der Waals surface area (Å²) in [4.78, 5) is 4.66. The van der Waals surface area contributed by atoms with E-state index in [0.29, 0.717) is 17.0 Å². The lowest BCUT2D eigenvalue weighted by atomic mass is 10.1. The van der Waals surface area contributed by atoms with Crippen LogP contribution in [0.4, 0.5) is 17.2 Å². The molecule has 1 aliphatic heterocycles. The van der Waals surface area contributed by atoms with Crippen LogP contribution in [0.1, 0.15) is 12.5 Å². The number of pyridine rings is 1. The summed E-state index contributed by atoms with van der Waals surface area (Å²) in [6.45, 7) is 2.05. The first-order chi connectivity index (χ1) is 13.4. The van der Waals surface area contributed by atoms with Crippen molar-refractivity contribution in [1.82, 2.24) is 9.71 Å². The molecule has 2 aromatic carbocycles. The van der Waals surface area contributed by atoms with Gasteiger partial charge in [-0.05, 0) is 42.8 Å². The number of benzene rings is 2. The number of anilines is 3. The predicted molar refractivity (Wildman–Crippen MR) is 112 cm³/mol. The van der Waals surface area contributed by atoms with Gasteiger partial charge in [0.1, 0.15) is 17.7 Å². The summed E-state index contributed by atoms with van der Waals surface area (Å²) in [5.41, 5.74) is 3.31. The lowest BCUT2D eigenvalue weighted by Gasteiger charge is -2.20. The maximum absolute atomic E-state index is 12.2. The van der Waals surface area contributed by atoms with Crippen molar-refractivity contribution in [3.63, 3.8) is 0 Å². The number of fused-ring (bicyclic) bond motifs is 2. The van der Waals surface area contributed by atoms with Gasteiger partial charge in [-0.3, -0.25) is 4.31 Å². The minimum absolute atomic E-state index is 0.162.